The lowest BCUT2D eigenvalue weighted by Gasteiger charge is -2.34. The lowest BCUT2D eigenvalue weighted by atomic mass is 10.0. The molecule has 0 radical (unpaired) electrons. The van der Waals surface area contributed by atoms with Crippen molar-refractivity contribution >= 4 is 27.5 Å². The van der Waals surface area contributed by atoms with Crippen molar-refractivity contribution in [1.29, 1.82) is 0 Å². The summed E-state index contributed by atoms with van der Waals surface area (Å²) < 4.78 is 40.9. The number of methoxy groups -OCH3 is 2. The van der Waals surface area contributed by atoms with Crippen LogP contribution >= 0.6 is 0 Å². The normalized spacial score (nSPS) is 11.9. The van der Waals surface area contributed by atoms with Gasteiger partial charge in [0.25, 0.3) is 10.0 Å². The number of hydrogen-bond acceptors (Lipinski definition) is 6. The van der Waals surface area contributed by atoms with E-state index in [1.54, 1.807) is 12.1 Å². The number of benzene rings is 4. The van der Waals surface area contributed by atoms with E-state index in [1.807, 2.05) is 95.3 Å². The summed E-state index contributed by atoms with van der Waals surface area (Å²) in [5, 5.41) is 2.98. The molecule has 254 valence electrons. The molecular weight excluding hydrogens is 627 g/mol. The van der Waals surface area contributed by atoms with Crippen LogP contribution in [0.3, 0.4) is 0 Å². The molecule has 0 saturated heterocycles. The molecule has 2 amide bonds. The third kappa shape index (κ3) is 8.95. The monoisotopic (exact) mass is 671 g/mol. The van der Waals surface area contributed by atoms with Gasteiger partial charge in [-0.2, -0.15) is 0 Å². The van der Waals surface area contributed by atoms with Crippen molar-refractivity contribution in [1.82, 2.24) is 10.2 Å². The Balaban J connectivity index is 1.86. The zero-order valence-electron chi connectivity index (χ0n) is 28.7. The molecule has 0 heterocycles. The van der Waals surface area contributed by atoms with Gasteiger partial charge in [-0.3, -0.25) is 13.9 Å². The Morgan fingerprint density at radius 2 is 1.40 bits per heavy atom. The van der Waals surface area contributed by atoms with Crippen molar-refractivity contribution in [2.45, 2.75) is 64.6 Å². The number of nitrogens with one attached hydrogen (secondary N) is 1. The molecule has 1 N–H and O–H groups in total. The largest absolute Gasteiger partial charge is 0.493 e. The van der Waals surface area contributed by atoms with Crippen LogP contribution < -0.4 is 19.1 Å². The quantitative estimate of drug-likeness (QED) is 0.177. The average Bonchev–Trinajstić information content (AvgIpc) is 3.04. The first-order chi connectivity index (χ1) is 22.8. The zero-order valence-corrected chi connectivity index (χ0v) is 29.5. The number of carbonyl (C=O) groups is 2. The molecule has 0 aromatic heterocycles. The predicted octanol–water partition coefficient (Wildman–Crippen LogP) is 5.99. The summed E-state index contributed by atoms with van der Waals surface area (Å²) in [6.07, 6.45) is 0.239. The van der Waals surface area contributed by atoms with Gasteiger partial charge in [-0.05, 0) is 81.1 Å². The van der Waals surface area contributed by atoms with Crippen molar-refractivity contribution in [2.24, 2.45) is 0 Å². The Bertz CT molecular complexity index is 1820. The Morgan fingerprint density at radius 1 is 0.750 bits per heavy atom. The van der Waals surface area contributed by atoms with Gasteiger partial charge in [0.2, 0.25) is 11.8 Å². The summed E-state index contributed by atoms with van der Waals surface area (Å²) in [4.78, 5) is 30.0. The minimum atomic E-state index is -4.33. The number of carbonyl (C=O) groups excluding carboxylic acids is 2. The summed E-state index contributed by atoms with van der Waals surface area (Å²) >= 11 is 0. The first kappa shape index (κ1) is 36.0. The van der Waals surface area contributed by atoms with Gasteiger partial charge in [0.1, 0.15) is 12.6 Å². The third-order valence-electron chi connectivity index (χ3n) is 7.85. The topological polar surface area (TPSA) is 105 Å². The van der Waals surface area contributed by atoms with E-state index in [9.17, 15) is 18.0 Å². The highest BCUT2D eigenvalue weighted by Gasteiger charge is 2.35. The van der Waals surface area contributed by atoms with Crippen LogP contribution in [-0.2, 0) is 32.6 Å². The van der Waals surface area contributed by atoms with Crippen LogP contribution in [-0.4, -0.2) is 58.0 Å². The highest BCUT2D eigenvalue weighted by molar-refractivity contribution is 7.92. The van der Waals surface area contributed by atoms with Crippen molar-refractivity contribution in [3.63, 3.8) is 0 Å². The number of aryl methyl sites for hydroxylation is 3. The van der Waals surface area contributed by atoms with E-state index in [0.717, 1.165) is 32.1 Å². The van der Waals surface area contributed by atoms with Gasteiger partial charge >= 0.3 is 0 Å². The summed E-state index contributed by atoms with van der Waals surface area (Å²) in [6, 6.07) is 25.8. The maximum absolute atomic E-state index is 14.7. The second-order valence-electron chi connectivity index (χ2n) is 12.3. The number of hydrogen-bond donors (Lipinski definition) is 1. The number of rotatable bonds is 14. The molecule has 1 unspecified atom stereocenters. The molecule has 0 aliphatic rings. The van der Waals surface area contributed by atoms with Crippen LogP contribution in [0.5, 0.6) is 11.5 Å². The van der Waals surface area contributed by atoms with Crippen LogP contribution in [0, 0.1) is 20.8 Å². The van der Waals surface area contributed by atoms with Crippen LogP contribution in [0.4, 0.5) is 5.69 Å². The Morgan fingerprint density at radius 3 is 2.00 bits per heavy atom. The highest BCUT2D eigenvalue weighted by Crippen LogP contribution is 2.33. The second-order valence-corrected chi connectivity index (χ2v) is 14.1. The van der Waals surface area contributed by atoms with Gasteiger partial charge in [0.15, 0.2) is 11.5 Å². The molecule has 0 fully saturated rings. The molecule has 0 spiro atoms. The SMILES string of the molecule is COc1ccc(S(=O)(=O)N(CC(=O)N(Cc2cccc(C)c2)C(Cc2ccccc2)C(=O)NC(C)C)c2cc(C)cc(C)c2)cc1OC. The number of amides is 2. The van der Waals surface area contributed by atoms with Gasteiger partial charge in [-0.15, -0.1) is 0 Å². The summed E-state index contributed by atoms with van der Waals surface area (Å²) in [6.45, 7) is 8.97. The maximum atomic E-state index is 14.7. The van der Waals surface area contributed by atoms with E-state index in [0.29, 0.717) is 11.4 Å². The molecule has 0 aliphatic carbocycles. The van der Waals surface area contributed by atoms with Gasteiger partial charge < -0.3 is 19.7 Å². The summed E-state index contributed by atoms with van der Waals surface area (Å²) in [5.74, 6) is -0.246. The first-order valence-electron chi connectivity index (χ1n) is 15.8. The lowest BCUT2D eigenvalue weighted by molar-refractivity contribution is -0.140. The first-order valence-corrected chi connectivity index (χ1v) is 17.3. The Kier molecular flexibility index (Phi) is 11.9. The predicted molar refractivity (Wildman–Crippen MR) is 189 cm³/mol. The third-order valence-corrected chi connectivity index (χ3v) is 9.62. The van der Waals surface area contributed by atoms with E-state index in [4.69, 9.17) is 9.47 Å². The molecule has 4 aromatic carbocycles. The van der Waals surface area contributed by atoms with E-state index >= 15 is 0 Å². The van der Waals surface area contributed by atoms with E-state index in [1.165, 1.54) is 37.3 Å². The number of sulfonamides is 1. The molecular formula is C38H45N3O6S. The standard InChI is InChI=1S/C38H45N3O6S/c1-26(2)39-38(43)34(22-30-13-9-8-10-14-30)40(24-31-15-11-12-27(3)19-31)37(42)25-41(32-20-28(4)18-29(5)21-32)48(44,45)33-16-17-35(46-6)36(23-33)47-7/h8-21,23,26,34H,22,24-25H2,1-7H3,(H,39,43). The Hall–Kier alpha value is -4.83. The van der Waals surface area contributed by atoms with Gasteiger partial charge in [-0.1, -0.05) is 66.2 Å². The fourth-order valence-corrected chi connectivity index (χ4v) is 7.08. The number of nitrogens with zero attached hydrogens (tertiary/aromatic N) is 2. The highest BCUT2D eigenvalue weighted by atomic mass is 32.2. The van der Waals surface area contributed by atoms with Crippen molar-refractivity contribution in [3.05, 3.63) is 119 Å². The molecule has 0 saturated carbocycles. The van der Waals surface area contributed by atoms with Crippen LogP contribution in [0.25, 0.3) is 0 Å². The number of ether oxygens (including phenoxy) is 2. The maximum Gasteiger partial charge on any atom is 0.264 e. The van der Waals surface area contributed by atoms with Gasteiger partial charge in [-0.25, -0.2) is 8.42 Å². The Labute approximate surface area is 284 Å². The molecule has 0 bridgehead atoms. The molecule has 1 atom stereocenters. The molecule has 9 nitrogen and oxygen atoms in total. The molecule has 4 aromatic rings. The molecule has 10 heteroatoms. The fraction of sp³-hybridized carbons (Fsp3) is 0.316. The van der Waals surface area contributed by atoms with E-state index in [-0.39, 0.29) is 35.6 Å². The van der Waals surface area contributed by atoms with Crippen molar-refractivity contribution in [3.8, 4) is 11.5 Å². The van der Waals surface area contributed by atoms with Crippen molar-refractivity contribution < 1.29 is 27.5 Å². The minimum Gasteiger partial charge on any atom is -0.493 e. The lowest BCUT2D eigenvalue weighted by Crippen LogP contribution is -2.54. The minimum absolute atomic E-state index is 0.0734. The van der Waals surface area contributed by atoms with E-state index < -0.39 is 28.5 Å². The smallest absolute Gasteiger partial charge is 0.264 e. The van der Waals surface area contributed by atoms with Crippen LogP contribution in [0.2, 0.25) is 0 Å². The van der Waals surface area contributed by atoms with E-state index in [2.05, 4.69) is 5.32 Å². The summed E-state index contributed by atoms with van der Waals surface area (Å²) in [5.41, 5.74) is 4.68. The van der Waals surface area contributed by atoms with Gasteiger partial charge in [0.05, 0.1) is 24.8 Å². The fourth-order valence-electron chi connectivity index (χ4n) is 5.67. The second kappa shape index (κ2) is 15.8. The van der Waals surface area contributed by atoms with Crippen LogP contribution in [0.1, 0.15) is 41.7 Å². The zero-order chi connectivity index (χ0) is 35.0. The molecule has 0 aliphatic heterocycles. The van der Waals surface area contributed by atoms with Crippen molar-refractivity contribution in [2.75, 3.05) is 25.1 Å². The van der Waals surface area contributed by atoms with Gasteiger partial charge in [0, 0.05) is 25.1 Å². The summed E-state index contributed by atoms with van der Waals surface area (Å²) in [7, 11) is -1.43. The molecule has 4 rings (SSSR count). The number of anilines is 1. The average molecular weight is 672 g/mol. The molecule has 48 heavy (non-hydrogen) atoms. The van der Waals surface area contributed by atoms with Crippen LogP contribution in [0.15, 0.2) is 95.9 Å².